The molecule has 76 valence electrons. The number of aryl methyl sites for hydroxylation is 1. The Balaban J connectivity index is 1.92. The van der Waals surface area contributed by atoms with E-state index < -0.39 is 0 Å². The molecule has 0 amide bonds. The molecule has 2 unspecified atom stereocenters. The number of hydrogen-bond acceptors (Lipinski definition) is 2. The van der Waals surface area contributed by atoms with E-state index >= 15 is 0 Å². The maximum Gasteiger partial charge on any atom is 0.126 e. The largest absolute Gasteiger partial charge is 0.370 e. The van der Waals surface area contributed by atoms with Gasteiger partial charge in [-0.15, -0.1) is 0 Å². The number of halogens is 1. The molecule has 0 aromatic carbocycles. The van der Waals surface area contributed by atoms with Crippen molar-refractivity contribution in [2.75, 3.05) is 11.9 Å². The van der Waals surface area contributed by atoms with Crippen LogP contribution in [0.3, 0.4) is 0 Å². The second-order valence-electron chi connectivity index (χ2n) is 4.12. The summed E-state index contributed by atoms with van der Waals surface area (Å²) in [7, 11) is 0. The first kappa shape index (κ1) is 9.97. The van der Waals surface area contributed by atoms with Gasteiger partial charge in [0.15, 0.2) is 0 Å². The molecule has 2 atom stereocenters. The number of nitrogens with one attached hydrogen (secondary N) is 1. The number of aromatic nitrogens is 1. The third-order valence-corrected chi connectivity index (χ3v) is 3.68. The van der Waals surface area contributed by atoms with Crippen molar-refractivity contribution in [2.24, 2.45) is 11.8 Å². The van der Waals surface area contributed by atoms with E-state index in [1.165, 1.54) is 6.42 Å². The third-order valence-electron chi connectivity index (χ3n) is 2.84. The van der Waals surface area contributed by atoms with Gasteiger partial charge in [0.25, 0.3) is 0 Å². The van der Waals surface area contributed by atoms with Crippen LogP contribution in [-0.2, 0) is 0 Å². The van der Waals surface area contributed by atoms with Gasteiger partial charge in [-0.25, -0.2) is 4.98 Å². The summed E-state index contributed by atoms with van der Waals surface area (Å²) in [5.41, 5.74) is 1.04. The predicted octanol–water partition coefficient (Wildman–Crippen LogP) is 3.22. The highest BCUT2D eigenvalue weighted by molar-refractivity contribution is 9.10. The van der Waals surface area contributed by atoms with Gasteiger partial charge in [0, 0.05) is 11.0 Å². The maximum atomic E-state index is 4.44. The van der Waals surface area contributed by atoms with Gasteiger partial charge in [-0.1, -0.05) is 6.92 Å². The molecule has 1 saturated carbocycles. The topological polar surface area (TPSA) is 24.9 Å². The lowest BCUT2D eigenvalue weighted by Crippen LogP contribution is -2.06. The summed E-state index contributed by atoms with van der Waals surface area (Å²) in [6, 6.07) is 4.06. The Labute approximate surface area is 93.3 Å². The monoisotopic (exact) mass is 254 g/mol. The van der Waals surface area contributed by atoms with Crippen LogP contribution in [0.1, 0.15) is 19.0 Å². The molecule has 1 aromatic rings. The van der Waals surface area contributed by atoms with Crippen molar-refractivity contribution in [1.29, 1.82) is 0 Å². The minimum Gasteiger partial charge on any atom is -0.370 e. The molecular weight excluding hydrogens is 240 g/mol. The predicted molar refractivity (Wildman–Crippen MR) is 62.4 cm³/mol. The summed E-state index contributed by atoms with van der Waals surface area (Å²) in [5.74, 6) is 2.75. The molecule has 0 radical (unpaired) electrons. The minimum atomic E-state index is 0.862. The molecule has 0 bridgehead atoms. The highest BCUT2D eigenvalue weighted by Crippen LogP contribution is 2.37. The molecule has 3 heteroatoms. The Hall–Kier alpha value is -0.570. The lowest BCUT2D eigenvalue weighted by atomic mass is 10.3. The number of hydrogen-bond donors (Lipinski definition) is 1. The van der Waals surface area contributed by atoms with Gasteiger partial charge in [0.2, 0.25) is 0 Å². The van der Waals surface area contributed by atoms with Gasteiger partial charge in [0.05, 0.1) is 5.69 Å². The third kappa shape index (κ3) is 2.27. The summed E-state index contributed by atoms with van der Waals surface area (Å²) < 4.78 is 1.07. The van der Waals surface area contributed by atoms with Gasteiger partial charge in [0.1, 0.15) is 5.82 Å². The summed E-state index contributed by atoms with van der Waals surface area (Å²) in [4.78, 5) is 4.44. The van der Waals surface area contributed by atoms with Crippen LogP contribution in [-0.4, -0.2) is 11.5 Å². The molecule has 1 fully saturated rings. The fourth-order valence-electron chi connectivity index (χ4n) is 1.56. The van der Waals surface area contributed by atoms with Crippen LogP contribution >= 0.6 is 15.9 Å². The normalized spacial score (nSPS) is 24.8. The Morgan fingerprint density at radius 3 is 2.86 bits per heavy atom. The molecular formula is C11H15BrN2. The van der Waals surface area contributed by atoms with E-state index in [1.807, 2.05) is 19.1 Å². The molecule has 1 heterocycles. The van der Waals surface area contributed by atoms with Crippen molar-refractivity contribution in [3.05, 3.63) is 22.3 Å². The molecule has 2 rings (SSSR count). The molecule has 0 saturated heterocycles. The molecule has 1 N–H and O–H groups in total. The highest BCUT2D eigenvalue weighted by atomic mass is 79.9. The quantitative estimate of drug-likeness (QED) is 0.896. The Bertz CT molecular complexity index is 338. The zero-order valence-corrected chi connectivity index (χ0v) is 10.1. The fraction of sp³-hybridized carbons (Fsp3) is 0.545. The molecule has 1 aliphatic carbocycles. The van der Waals surface area contributed by atoms with E-state index in [2.05, 4.69) is 33.2 Å². The molecule has 2 nitrogen and oxygen atoms in total. The fourth-order valence-corrected chi connectivity index (χ4v) is 1.78. The van der Waals surface area contributed by atoms with E-state index in [-0.39, 0.29) is 0 Å². The van der Waals surface area contributed by atoms with Gasteiger partial charge >= 0.3 is 0 Å². The van der Waals surface area contributed by atoms with Crippen molar-refractivity contribution in [3.8, 4) is 0 Å². The van der Waals surface area contributed by atoms with Crippen molar-refractivity contribution in [1.82, 2.24) is 4.98 Å². The van der Waals surface area contributed by atoms with Crippen molar-refractivity contribution in [2.45, 2.75) is 20.3 Å². The summed E-state index contributed by atoms with van der Waals surface area (Å²) >= 11 is 3.44. The average molecular weight is 255 g/mol. The van der Waals surface area contributed by atoms with Crippen molar-refractivity contribution < 1.29 is 0 Å². The zero-order valence-electron chi connectivity index (χ0n) is 8.55. The van der Waals surface area contributed by atoms with Crippen molar-refractivity contribution >= 4 is 21.7 Å². The summed E-state index contributed by atoms with van der Waals surface area (Å²) in [5, 5.41) is 3.37. The first-order valence-corrected chi connectivity index (χ1v) is 5.83. The van der Waals surface area contributed by atoms with Crippen LogP contribution in [0.4, 0.5) is 5.82 Å². The SMILES string of the molecule is Cc1nc(NCC2CC2C)ccc1Br. The maximum absolute atomic E-state index is 4.44. The molecule has 0 aliphatic heterocycles. The number of nitrogens with zero attached hydrogens (tertiary/aromatic N) is 1. The van der Waals surface area contributed by atoms with Gasteiger partial charge in [-0.3, -0.25) is 0 Å². The first-order chi connectivity index (χ1) is 6.66. The second-order valence-corrected chi connectivity index (χ2v) is 4.97. The van der Waals surface area contributed by atoms with Gasteiger partial charge in [-0.2, -0.15) is 0 Å². The minimum absolute atomic E-state index is 0.862. The van der Waals surface area contributed by atoms with Crippen LogP contribution in [0, 0.1) is 18.8 Å². The van der Waals surface area contributed by atoms with Crippen LogP contribution in [0.2, 0.25) is 0 Å². The number of pyridine rings is 1. The van der Waals surface area contributed by atoms with Crippen LogP contribution < -0.4 is 5.32 Å². The van der Waals surface area contributed by atoms with E-state index in [4.69, 9.17) is 0 Å². The smallest absolute Gasteiger partial charge is 0.126 e. The lowest BCUT2D eigenvalue weighted by Gasteiger charge is -2.06. The van der Waals surface area contributed by atoms with Crippen LogP contribution in [0.25, 0.3) is 0 Å². The van der Waals surface area contributed by atoms with E-state index in [9.17, 15) is 0 Å². The first-order valence-electron chi connectivity index (χ1n) is 5.04. The lowest BCUT2D eigenvalue weighted by molar-refractivity contribution is 0.784. The second kappa shape index (κ2) is 3.89. The number of anilines is 1. The Kier molecular flexibility index (Phi) is 2.77. The standard InChI is InChI=1S/C11H15BrN2/c1-7-5-9(7)6-13-11-4-3-10(12)8(2)14-11/h3-4,7,9H,5-6H2,1-2H3,(H,13,14). The Morgan fingerprint density at radius 1 is 1.57 bits per heavy atom. The van der Waals surface area contributed by atoms with Gasteiger partial charge in [-0.05, 0) is 53.2 Å². The molecule has 1 aliphatic rings. The number of rotatable bonds is 3. The molecule has 14 heavy (non-hydrogen) atoms. The van der Waals surface area contributed by atoms with E-state index in [0.717, 1.165) is 34.4 Å². The summed E-state index contributed by atoms with van der Waals surface area (Å²) in [6.07, 6.45) is 1.36. The summed E-state index contributed by atoms with van der Waals surface area (Å²) in [6.45, 7) is 5.37. The average Bonchev–Trinajstić information content (AvgIpc) is 2.85. The highest BCUT2D eigenvalue weighted by Gasteiger charge is 2.31. The van der Waals surface area contributed by atoms with Gasteiger partial charge < -0.3 is 5.32 Å². The van der Waals surface area contributed by atoms with Crippen molar-refractivity contribution in [3.63, 3.8) is 0 Å². The van der Waals surface area contributed by atoms with Crippen LogP contribution in [0.5, 0.6) is 0 Å². The molecule has 0 spiro atoms. The zero-order chi connectivity index (χ0) is 10.1. The molecule has 1 aromatic heterocycles. The van der Waals surface area contributed by atoms with E-state index in [1.54, 1.807) is 0 Å². The Morgan fingerprint density at radius 2 is 2.29 bits per heavy atom. The van der Waals surface area contributed by atoms with Crippen LogP contribution in [0.15, 0.2) is 16.6 Å². The van der Waals surface area contributed by atoms with E-state index in [0.29, 0.717) is 0 Å².